The van der Waals surface area contributed by atoms with Gasteiger partial charge in [0.25, 0.3) is 5.69 Å². The van der Waals surface area contributed by atoms with Crippen molar-refractivity contribution in [3.05, 3.63) is 69.8 Å². The highest BCUT2D eigenvalue weighted by Crippen LogP contribution is 2.31. The van der Waals surface area contributed by atoms with Crippen LogP contribution in [0, 0.1) is 10.1 Å². The van der Waals surface area contributed by atoms with Crippen molar-refractivity contribution in [3.8, 4) is 5.75 Å². The zero-order valence-electron chi connectivity index (χ0n) is 16.7. The van der Waals surface area contributed by atoms with Crippen molar-refractivity contribution in [2.24, 2.45) is 0 Å². The number of piperidine rings is 1. The van der Waals surface area contributed by atoms with Gasteiger partial charge in [-0.25, -0.2) is 0 Å². The second-order valence-corrected chi connectivity index (χ2v) is 7.22. The zero-order valence-corrected chi connectivity index (χ0v) is 16.7. The number of carbonyl (C=O) groups is 1. The van der Waals surface area contributed by atoms with E-state index in [1.165, 1.54) is 12.5 Å². The lowest BCUT2D eigenvalue weighted by atomic mass is 10.0. The normalized spacial score (nSPS) is 15.5. The SMILES string of the molecule is COc1ccccc1C(CNC(=O)Cc1ccccc1[N+](=O)[O-])N1CCCCC1. The molecule has 2 aromatic rings. The molecular weight excluding hydrogens is 370 g/mol. The van der Waals surface area contributed by atoms with Gasteiger partial charge in [0.05, 0.1) is 24.5 Å². The summed E-state index contributed by atoms with van der Waals surface area (Å²) in [6, 6.07) is 14.2. The molecule has 3 rings (SSSR count). The Labute approximate surface area is 170 Å². The number of nitrogens with one attached hydrogen (secondary N) is 1. The number of methoxy groups -OCH3 is 1. The molecule has 0 saturated carbocycles. The van der Waals surface area contributed by atoms with Crippen molar-refractivity contribution in [2.45, 2.75) is 31.7 Å². The molecule has 1 fully saturated rings. The van der Waals surface area contributed by atoms with Crippen LogP contribution in [0.1, 0.15) is 36.4 Å². The number of likely N-dealkylation sites (tertiary alicyclic amines) is 1. The number of benzene rings is 2. The van der Waals surface area contributed by atoms with Crippen LogP contribution >= 0.6 is 0 Å². The number of rotatable bonds is 8. The molecule has 0 aromatic heterocycles. The molecule has 7 heteroatoms. The number of amides is 1. The maximum atomic E-state index is 12.6. The Morgan fingerprint density at radius 1 is 1.14 bits per heavy atom. The summed E-state index contributed by atoms with van der Waals surface area (Å²) >= 11 is 0. The van der Waals surface area contributed by atoms with Gasteiger partial charge < -0.3 is 10.1 Å². The summed E-state index contributed by atoms with van der Waals surface area (Å²) in [5, 5.41) is 14.2. The van der Waals surface area contributed by atoms with E-state index in [4.69, 9.17) is 4.74 Å². The molecule has 7 nitrogen and oxygen atoms in total. The van der Waals surface area contributed by atoms with E-state index in [1.807, 2.05) is 24.3 Å². The minimum Gasteiger partial charge on any atom is -0.496 e. The summed E-state index contributed by atoms with van der Waals surface area (Å²) in [6.07, 6.45) is 3.47. The average Bonchev–Trinajstić information content (AvgIpc) is 2.75. The largest absolute Gasteiger partial charge is 0.496 e. The van der Waals surface area contributed by atoms with Gasteiger partial charge >= 0.3 is 0 Å². The Kier molecular flexibility index (Phi) is 7.19. The van der Waals surface area contributed by atoms with Crippen molar-refractivity contribution in [2.75, 3.05) is 26.7 Å². The number of para-hydroxylation sites is 2. The summed E-state index contributed by atoms with van der Waals surface area (Å²) in [4.78, 5) is 25.7. The highest BCUT2D eigenvalue weighted by molar-refractivity contribution is 5.79. The van der Waals surface area contributed by atoms with Crippen LogP contribution in [-0.4, -0.2) is 42.5 Å². The second kappa shape index (κ2) is 10.0. The van der Waals surface area contributed by atoms with E-state index in [9.17, 15) is 14.9 Å². The molecule has 0 radical (unpaired) electrons. The number of carbonyl (C=O) groups excluding carboxylic acids is 1. The third-order valence-electron chi connectivity index (χ3n) is 5.36. The van der Waals surface area contributed by atoms with Crippen LogP contribution in [0.25, 0.3) is 0 Å². The molecule has 1 amide bonds. The fourth-order valence-corrected chi connectivity index (χ4v) is 3.89. The van der Waals surface area contributed by atoms with Gasteiger partial charge in [-0.05, 0) is 32.0 Å². The Morgan fingerprint density at radius 2 is 1.83 bits per heavy atom. The first kappa shape index (κ1) is 20.8. The smallest absolute Gasteiger partial charge is 0.273 e. The Bertz CT molecular complexity index is 849. The molecule has 1 atom stereocenters. The molecule has 0 bridgehead atoms. The lowest BCUT2D eigenvalue weighted by molar-refractivity contribution is -0.385. The standard InChI is InChI=1S/C22H27N3O4/c1-29-21-12-6-4-10-18(21)20(24-13-7-2-8-14-24)16-23-22(26)15-17-9-3-5-11-19(17)25(27)28/h3-6,9-12,20H,2,7-8,13-16H2,1H3,(H,23,26). The molecule has 1 heterocycles. The lowest BCUT2D eigenvalue weighted by Crippen LogP contribution is -2.41. The number of nitro groups is 1. The minimum atomic E-state index is -0.450. The summed E-state index contributed by atoms with van der Waals surface area (Å²) < 4.78 is 5.55. The first-order valence-corrected chi connectivity index (χ1v) is 9.96. The zero-order chi connectivity index (χ0) is 20.6. The number of nitro benzene ring substituents is 1. The molecule has 0 aliphatic carbocycles. The van der Waals surface area contributed by atoms with E-state index in [0.717, 1.165) is 37.2 Å². The van der Waals surface area contributed by atoms with Crippen molar-refractivity contribution >= 4 is 11.6 Å². The average molecular weight is 397 g/mol. The van der Waals surface area contributed by atoms with Crippen molar-refractivity contribution in [3.63, 3.8) is 0 Å². The third kappa shape index (κ3) is 5.32. The van der Waals surface area contributed by atoms with Crippen molar-refractivity contribution in [1.29, 1.82) is 0 Å². The van der Waals surface area contributed by atoms with E-state index in [1.54, 1.807) is 25.3 Å². The molecule has 1 unspecified atom stereocenters. The molecule has 0 spiro atoms. The number of hydrogen-bond donors (Lipinski definition) is 1. The van der Waals surface area contributed by atoms with Crippen LogP contribution in [-0.2, 0) is 11.2 Å². The monoisotopic (exact) mass is 397 g/mol. The van der Waals surface area contributed by atoms with Gasteiger partial charge in [-0.1, -0.05) is 42.8 Å². The quantitative estimate of drug-likeness (QED) is 0.544. The van der Waals surface area contributed by atoms with Gasteiger partial charge in [-0.15, -0.1) is 0 Å². The van der Waals surface area contributed by atoms with Gasteiger partial charge in [0.2, 0.25) is 5.91 Å². The Morgan fingerprint density at radius 3 is 2.55 bits per heavy atom. The molecule has 1 aliphatic heterocycles. The van der Waals surface area contributed by atoms with Crippen LogP contribution in [0.15, 0.2) is 48.5 Å². The molecule has 1 saturated heterocycles. The first-order chi connectivity index (χ1) is 14.1. The van der Waals surface area contributed by atoms with E-state index in [0.29, 0.717) is 12.1 Å². The van der Waals surface area contributed by atoms with Crippen LogP contribution in [0.2, 0.25) is 0 Å². The molecule has 1 aliphatic rings. The molecule has 29 heavy (non-hydrogen) atoms. The van der Waals surface area contributed by atoms with Crippen LogP contribution in [0.3, 0.4) is 0 Å². The van der Waals surface area contributed by atoms with Gasteiger partial charge in [0.15, 0.2) is 0 Å². The molecule has 2 aromatic carbocycles. The maximum Gasteiger partial charge on any atom is 0.273 e. The number of ether oxygens (including phenoxy) is 1. The predicted octanol–water partition coefficient (Wildman–Crippen LogP) is 3.49. The summed E-state index contributed by atoms with van der Waals surface area (Å²) in [5.41, 5.74) is 1.43. The minimum absolute atomic E-state index is 0.00107. The topological polar surface area (TPSA) is 84.7 Å². The fourth-order valence-electron chi connectivity index (χ4n) is 3.89. The summed E-state index contributed by atoms with van der Waals surface area (Å²) in [5.74, 6) is 0.576. The number of nitrogens with zero attached hydrogens (tertiary/aromatic N) is 2. The van der Waals surface area contributed by atoms with E-state index in [2.05, 4.69) is 10.2 Å². The van der Waals surface area contributed by atoms with Gasteiger partial charge in [0.1, 0.15) is 5.75 Å². The first-order valence-electron chi connectivity index (χ1n) is 9.96. The lowest BCUT2D eigenvalue weighted by Gasteiger charge is -2.35. The molecular formula is C22H27N3O4. The third-order valence-corrected chi connectivity index (χ3v) is 5.36. The second-order valence-electron chi connectivity index (χ2n) is 7.22. The highest BCUT2D eigenvalue weighted by Gasteiger charge is 2.25. The predicted molar refractivity (Wildman–Crippen MR) is 111 cm³/mol. The van der Waals surface area contributed by atoms with Gasteiger partial charge in [-0.3, -0.25) is 19.8 Å². The van der Waals surface area contributed by atoms with Crippen molar-refractivity contribution in [1.82, 2.24) is 10.2 Å². The fraction of sp³-hybridized carbons (Fsp3) is 0.409. The van der Waals surface area contributed by atoms with Crippen LogP contribution in [0.5, 0.6) is 5.75 Å². The molecule has 1 N–H and O–H groups in total. The van der Waals surface area contributed by atoms with E-state index in [-0.39, 0.29) is 24.1 Å². The van der Waals surface area contributed by atoms with E-state index >= 15 is 0 Å². The van der Waals surface area contributed by atoms with Gasteiger partial charge in [0, 0.05) is 23.7 Å². The van der Waals surface area contributed by atoms with Crippen LogP contribution in [0.4, 0.5) is 5.69 Å². The molecule has 154 valence electrons. The maximum absolute atomic E-state index is 12.6. The van der Waals surface area contributed by atoms with Crippen LogP contribution < -0.4 is 10.1 Å². The highest BCUT2D eigenvalue weighted by atomic mass is 16.6. The van der Waals surface area contributed by atoms with Gasteiger partial charge in [-0.2, -0.15) is 0 Å². The van der Waals surface area contributed by atoms with Crippen molar-refractivity contribution < 1.29 is 14.5 Å². The Balaban J connectivity index is 1.73. The summed E-state index contributed by atoms with van der Waals surface area (Å²) in [7, 11) is 1.65. The summed E-state index contributed by atoms with van der Waals surface area (Å²) in [6.45, 7) is 2.38. The Hall–Kier alpha value is -2.93. The number of hydrogen-bond acceptors (Lipinski definition) is 5. The van der Waals surface area contributed by atoms with E-state index < -0.39 is 4.92 Å².